The Labute approximate surface area is 116 Å². The zero-order valence-electron chi connectivity index (χ0n) is 12.2. The molecule has 0 aromatic heterocycles. The average molecular weight is 260 g/mol. The number of benzene rings is 1. The first-order valence-electron chi connectivity index (χ1n) is 7.06. The van der Waals surface area contributed by atoms with E-state index in [4.69, 9.17) is 0 Å². The van der Waals surface area contributed by atoms with Crippen LogP contribution in [0.3, 0.4) is 0 Å². The molecule has 0 saturated carbocycles. The van der Waals surface area contributed by atoms with E-state index in [9.17, 15) is 4.79 Å². The van der Waals surface area contributed by atoms with Gasteiger partial charge in [-0.1, -0.05) is 32.9 Å². The van der Waals surface area contributed by atoms with Gasteiger partial charge in [0, 0.05) is 31.7 Å². The maximum absolute atomic E-state index is 11.7. The molecule has 1 saturated heterocycles. The molecule has 3 heteroatoms. The van der Waals surface area contributed by atoms with Crippen molar-refractivity contribution < 1.29 is 4.79 Å². The van der Waals surface area contributed by atoms with Gasteiger partial charge in [-0.2, -0.15) is 0 Å². The van der Waals surface area contributed by atoms with Crippen molar-refractivity contribution in [3.8, 4) is 0 Å². The highest BCUT2D eigenvalue weighted by molar-refractivity contribution is 5.95. The van der Waals surface area contributed by atoms with E-state index in [0.29, 0.717) is 11.8 Å². The van der Waals surface area contributed by atoms with E-state index in [1.165, 1.54) is 5.56 Å². The first-order valence-corrected chi connectivity index (χ1v) is 7.06. The Kier molecular flexibility index (Phi) is 4.25. The fourth-order valence-electron chi connectivity index (χ4n) is 2.30. The van der Waals surface area contributed by atoms with Gasteiger partial charge in [0.15, 0.2) is 0 Å². The number of hydrogen-bond acceptors (Lipinski definition) is 2. The summed E-state index contributed by atoms with van der Waals surface area (Å²) in [6.45, 7) is 9.41. The standard InChI is InChI=1S/C16H24N2O/c1-16(2,3)12-17-11-13-6-8-14(9-7-13)18-10-4-5-15(18)19/h6-9,17H,4-5,10-12H2,1-3H3. The quantitative estimate of drug-likeness (QED) is 0.902. The molecule has 1 aliphatic heterocycles. The van der Waals surface area contributed by atoms with E-state index in [0.717, 1.165) is 31.7 Å². The molecular weight excluding hydrogens is 236 g/mol. The molecule has 0 bridgehead atoms. The molecule has 1 aromatic rings. The van der Waals surface area contributed by atoms with Crippen molar-refractivity contribution in [3.63, 3.8) is 0 Å². The molecular formula is C16H24N2O. The Hall–Kier alpha value is -1.35. The van der Waals surface area contributed by atoms with Crippen molar-refractivity contribution in [1.29, 1.82) is 0 Å². The topological polar surface area (TPSA) is 32.3 Å². The molecule has 3 nitrogen and oxygen atoms in total. The molecule has 104 valence electrons. The van der Waals surface area contributed by atoms with Gasteiger partial charge >= 0.3 is 0 Å². The highest BCUT2D eigenvalue weighted by Crippen LogP contribution is 2.21. The van der Waals surface area contributed by atoms with Crippen LogP contribution in [-0.2, 0) is 11.3 Å². The third-order valence-electron chi connectivity index (χ3n) is 3.31. The Bertz CT molecular complexity index is 431. The van der Waals surface area contributed by atoms with Gasteiger partial charge in [-0.05, 0) is 29.5 Å². The molecule has 1 N–H and O–H groups in total. The van der Waals surface area contributed by atoms with Crippen molar-refractivity contribution in [2.75, 3.05) is 18.0 Å². The number of amides is 1. The monoisotopic (exact) mass is 260 g/mol. The Morgan fingerprint density at radius 3 is 2.42 bits per heavy atom. The summed E-state index contributed by atoms with van der Waals surface area (Å²) >= 11 is 0. The van der Waals surface area contributed by atoms with E-state index in [-0.39, 0.29) is 5.91 Å². The second-order valence-electron chi connectivity index (χ2n) is 6.48. The summed E-state index contributed by atoms with van der Waals surface area (Å²) in [5.74, 6) is 0.249. The van der Waals surface area contributed by atoms with Crippen LogP contribution in [0.15, 0.2) is 24.3 Å². The van der Waals surface area contributed by atoms with Gasteiger partial charge in [0.1, 0.15) is 0 Å². The van der Waals surface area contributed by atoms with Crippen LogP contribution in [0, 0.1) is 5.41 Å². The lowest BCUT2D eigenvalue weighted by Crippen LogP contribution is -2.26. The number of nitrogens with zero attached hydrogens (tertiary/aromatic N) is 1. The molecule has 1 fully saturated rings. The predicted molar refractivity (Wildman–Crippen MR) is 79.2 cm³/mol. The summed E-state index contributed by atoms with van der Waals surface area (Å²) in [6, 6.07) is 8.32. The average Bonchev–Trinajstić information content (AvgIpc) is 2.75. The lowest BCUT2D eigenvalue weighted by Gasteiger charge is -2.19. The first-order chi connectivity index (χ1) is 8.96. The molecule has 1 amide bonds. The van der Waals surface area contributed by atoms with Gasteiger partial charge in [0.25, 0.3) is 0 Å². The number of carbonyl (C=O) groups excluding carboxylic acids is 1. The second kappa shape index (κ2) is 5.74. The minimum atomic E-state index is 0.249. The third kappa shape index (κ3) is 4.06. The minimum Gasteiger partial charge on any atom is -0.312 e. The minimum absolute atomic E-state index is 0.249. The second-order valence-corrected chi connectivity index (χ2v) is 6.48. The van der Waals surface area contributed by atoms with Crippen LogP contribution in [0.4, 0.5) is 5.69 Å². The van der Waals surface area contributed by atoms with Crippen molar-refractivity contribution >= 4 is 11.6 Å². The molecule has 1 aliphatic rings. The summed E-state index contributed by atoms with van der Waals surface area (Å²) in [5.41, 5.74) is 2.60. The number of hydrogen-bond donors (Lipinski definition) is 1. The highest BCUT2D eigenvalue weighted by atomic mass is 16.2. The highest BCUT2D eigenvalue weighted by Gasteiger charge is 2.21. The molecule has 1 heterocycles. The smallest absolute Gasteiger partial charge is 0.227 e. The van der Waals surface area contributed by atoms with Gasteiger partial charge in [-0.3, -0.25) is 4.79 Å². The number of rotatable bonds is 4. The lowest BCUT2D eigenvalue weighted by molar-refractivity contribution is -0.117. The summed E-state index contributed by atoms with van der Waals surface area (Å²) in [4.78, 5) is 13.5. The normalized spacial score (nSPS) is 16.2. The largest absolute Gasteiger partial charge is 0.312 e. The SMILES string of the molecule is CC(C)(C)CNCc1ccc(N2CCCC2=O)cc1. The number of nitrogens with one attached hydrogen (secondary N) is 1. The zero-order chi connectivity index (χ0) is 13.9. The molecule has 0 aliphatic carbocycles. The maximum atomic E-state index is 11.7. The van der Waals surface area contributed by atoms with E-state index in [1.54, 1.807) is 0 Å². The Morgan fingerprint density at radius 2 is 1.89 bits per heavy atom. The zero-order valence-corrected chi connectivity index (χ0v) is 12.2. The number of carbonyl (C=O) groups is 1. The van der Waals surface area contributed by atoms with Crippen LogP contribution in [0.2, 0.25) is 0 Å². The van der Waals surface area contributed by atoms with Crippen LogP contribution < -0.4 is 10.2 Å². The first kappa shape index (κ1) is 14.1. The van der Waals surface area contributed by atoms with E-state index < -0.39 is 0 Å². The summed E-state index contributed by atoms with van der Waals surface area (Å²) in [7, 11) is 0. The maximum Gasteiger partial charge on any atom is 0.227 e. The number of anilines is 1. The molecule has 0 radical (unpaired) electrons. The lowest BCUT2D eigenvalue weighted by atomic mass is 9.97. The van der Waals surface area contributed by atoms with E-state index in [2.05, 4.69) is 50.4 Å². The van der Waals surface area contributed by atoms with E-state index >= 15 is 0 Å². The van der Waals surface area contributed by atoms with Crippen LogP contribution in [0.25, 0.3) is 0 Å². The van der Waals surface area contributed by atoms with Crippen molar-refractivity contribution in [1.82, 2.24) is 5.32 Å². The van der Waals surface area contributed by atoms with Gasteiger partial charge in [0.05, 0.1) is 0 Å². The third-order valence-corrected chi connectivity index (χ3v) is 3.31. The fraction of sp³-hybridized carbons (Fsp3) is 0.562. The molecule has 1 aromatic carbocycles. The van der Waals surface area contributed by atoms with Crippen LogP contribution in [0.1, 0.15) is 39.2 Å². The van der Waals surface area contributed by atoms with Gasteiger partial charge < -0.3 is 10.2 Å². The Morgan fingerprint density at radius 1 is 1.21 bits per heavy atom. The van der Waals surface area contributed by atoms with Crippen molar-refractivity contribution in [2.45, 2.75) is 40.2 Å². The van der Waals surface area contributed by atoms with Crippen LogP contribution in [-0.4, -0.2) is 19.0 Å². The van der Waals surface area contributed by atoms with Gasteiger partial charge in [0.2, 0.25) is 5.91 Å². The molecule has 0 atom stereocenters. The summed E-state index contributed by atoms with van der Waals surface area (Å²) in [6.07, 6.45) is 1.67. The van der Waals surface area contributed by atoms with Crippen LogP contribution >= 0.6 is 0 Å². The predicted octanol–water partition coefficient (Wildman–Crippen LogP) is 2.95. The molecule has 19 heavy (non-hydrogen) atoms. The van der Waals surface area contributed by atoms with Crippen LogP contribution in [0.5, 0.6) is 0 Å². The van der Waals surface area contributed by atoms with Gasteiger partial charge in [-0.15, -0.1) is 0 Å². The molecule has 0 unspecified atom stereocenters. The Balaban J connectivity index is 1.90. The molecule has 2 rings (SSSR count). The summed E-state index contributed by atoms with van der Waals surface area (Å²) < 4.78 is 0. The fourth-order valence-corrected chi connectivity index (χ4v) is 2.30. The van der Waals surface area contributed by atoms with Crippen molar-refractivity contribution in [3.05, 3.63) is 29.8 Å². The van der Waals surface area contributed by atoms with E-state index in [1.807, 2.05) is 4.90 Å². The summed E-state index contributed by atoms with van der Waals surface area (Å²) in [5, 5.41) is 3.46. The molecule has 0 spiro atoms. The van der Waals surface area contributed by atoms with Crippen molar-refractivity contribution in [2.24, 2.45) is 5.41 Å². The van der Waals surface area contributed by atoms with Gasteiger partial charge in [-0.25, -0.2) is 0 Å².